The van der Waals surface area contributed by atoms with Crippen molar-refractivity contribution in [2.45, 2.75) is 51.5 Å². The molecule has 0 unspecified atom stereocenters. The van der Waals surface area contributed by atoms with Crippen molar-refractivity contribution in [3.8, 4) is 0 Å². The number of carbonyl (C=O) groups excluding carboxylic acids is 1. The van der Waals surface area contributed by atoms with Gasteiger partial charge in [0, 0.05) is 12.6 Å². The third kappa shape index (κ3) is 2.76. The summed E-state index contributed by atoms with van der Waals surface area (Å²) in [6, 6.07) is 0.721. The van der Waals surface area contributed by atoms with Crippen LogP contribution in [-0.4, -0.2) is 29.9 Å². The summed E-state index contributed by atoms with van der Waals surface area (Å²) in [6.45, 7) is 4.43. The summed E-state index contributed by atoms with van der Waals surface area (Å²) in [5, 5.41) is 0. The van der Waals surface area contributed by atoms with Crippen molar-refractivity contribution in [1.82, 2.24) is 4.90 Å². The first-order valence-electron chi connectivity index (χ1n) is 6.70. The van der Waals surface area contributed by atoms with Crippen molar-refractivity contribution >= 4 is 5.91 Å². The van der Waals surface area contributed by atoms with Gasteiger partial charge in [-0.05, 0) is 51.0 Å². The number of nitrogens with two attached hydrogens (primary N) is 1. The molecule has 1 aliphatic heterocycles. The van der Waals surface area contributed by atoms with Gasteiger partial charge in [-0.3, -0.25) is 9.69 Å². The fourth-order valence-corrected chi connectivity index (χ4v) is 3.18. The zero-order valence-corrected chi connectivity index (χ0v) is 10.3. The Morgan fingerprint density at radius 3 is 2.50 bits per heavy atom. The molecule has 1 aliphatic carbocycles. The molecule has 0 bridgehead atoms. The van der Waals surface area contributed by atoms with Gasteiger partial charge >= 0.3 is 0 Å². The van der Waals surface area contributed by atoms with E-state index in [0.717, 1.165) is 31.3 Å². The van der Waals surface area contributed by atoms with Crippen LogP contribution < -0.4 is 5.73 Å². The van der Waals surface area contributed by atoms with Gasteiger partial charge in [-0.2, -0.15) is 0 Å². The maximum Gasteiger partial charge on any atom is 0.221 e. The molecule has 0 radical (unpaired) electrons. The van der Waals surface area contributed by atoms with Gasteiger partial charge in [0.15, 0.2) is 0 Å². The van der Waals surface area contributed by atoms with E-state index in [9.17, 15) is 4.79 Å². The highest BCUT2D eigenvalue weighted by molar-refractivity contribution is 5.76. The Morgan fingerprint density at radius 2 is 1.88 bits per heavy atom. The van der Waals surface area contributed by atoms with Gasteiger partial charge in [0.25, 0.3) is 0 Å². The first-order chi connectivity index (χ1) is 7.66. The van der Waals surface area contributed by atoms with Crippen LogP contribution in [0.3, 0.4) is 0 Å². The summed E-state index contributed by atoms with van der Waals surface area (Å²) in [6.07, 6.45) is 7.46. The average molecular weight is 224 g/mol. The maximum atomic E-state index is 11.2. The molecule has 0 aromatic heterocycles. The highest BCUT2D eigenvalue weighted by Crippen LogP contribution is 2.29. The minimum atomic E-state index is -0.103. The fraction of sp³-hybridized carbons (Fsp3) is 0.923. The number of amides is 1. The molecule has 0 aromatic carbocycles. The van der Waals surface area contributed by atoms with Crippen molar-refractivity contribution in [2.75, 3.05) is 13.1 Å². The molecule has 0 spiro atoms. The summed E-state index contributed by atoms with van der Waals surface area (Å²) in [4.78, 5) is 13.7. The largest absolute Gasteiger partial charge is 0.369 e. The van der Waals surface area contributed by atoms with Crippen molar-refractivity contribution in [3.63, 3.8) is 0 Å². The minimum absolute atomic E-state index is 0.103. The average Bonchev–Trinajstić information content (AvgIpc) is 2.30. The van der Waals surface area contributed by atoms with Gasteiger partial charge in [0.1, 0.15) is 0 Å². The first-order valence-corrected chi connectivity index (χ1v) is 6.70. The summed E-state index contributed by atoms with van der Waals surface area (Å²) in [5.74, 6) is 0.898. The molecule has 1 atom stereocenters. The van der Waals surface area contributed by atoms with E-state index < -0.39 is 0 Å². The fourth-order valence-electron chi connectivity index (χ4n) is 3.18. The lowest BCUT2D eigenvalue weighted by Gasteiger charge is -2.40. The zero-order valence-electron chi connectivity index (χ0n) is 10.3. The van der Waals surface area contributed by atoms with E-state index in [1.165, 1.54) is 32.2 Å². The topological polar surface area (TPSA) is 46.3 Å². The lowest BCUT2D eigenvalue weighted by Crippen LogP contribution is -2.47. The van der Waals surface area contributed by atoms with E-state index >= 15 is 0 Å². The molecule has 2 N–H and O–H groups in total. The number of primary amides is 1. The smallest absolute Gasteiger partial charge is 0.221 e. The number of hydrogen-bond donors (Lipinski definition) is 1. The van der Waals surface area contributed by atoms with E-state index in [4.69, 9.17) is 5.73 Å². The lowest BCUT2D eigenvalue weighted by atomic mass is 9.85. The maximum absolute atomic E-state index is 11.2. The summed E-state index contributed by atoms with van der Waals surface area (Å²) in [5.41, 5.74) is 5.42. The molecular weight excluding hydrogens is 200 g/mol. The van der Waals surface area contributed by atoms with Crippen LogP contribution in [0.5, 0.6) is 0 Å². The van der Waals surface area contributed by atoms with Crippen LogP contribution in [0.2, 0.25) is 0 Å². The molecule has 2 rings (SSSR count). The third-order valence-electron chi connectivity index (χ3n) is 4.36. The Hall–Kier alpha value is -0.570. The standard InChI is InChI=1S/C13H24N2O/c1-10-4-6-12(7-5-10)15-8-2-3-11(9-15)13(14)16/h10-12H,2-9H2,1H3,(H2,14,16)/t10?,11-,12?/m0/s1. The Bertz CT molecular complexity index is 246. The molecule has 3 nitrogen and oxygen atoms in total. The Kier molecular flexibility index (Phi) is 3.85. The number of nitrogens with zero attached hydrogens (tertiary/aromatic N) is 1. The van der Waals surface area contributed by atoms with E-state index in [1.807, 2.05) is 0 Å². The molecule has 1 saturated carbocycles. The molecule has 1 heterocycles. The first kappa shape index (κ1) is 11.9. The van der Waals surface area contributed by atoms with Crippen molar-refractivity contribution < 1.29 is 4.79 Å². The van der Waals surface area contributed by atoms with Gasteiger partial charge in [-0.15, -0.1) is 0 Å². The summed E-state index contributed by atoms with van der Waals surface area (Å²) >= 11 is 0. The molecule has 1 saturated heterocycles. The Morgan fingerprint density at radius 1 is 1.19 bits per heavy atom. The summed E-state index contributed by atoms with van der Waals surface area (Å²) in [7, 11) is 0. The number of rotatable bonds is 2. The SMILES string of the molecule is CC1CCC(N2CCC[C@H](C(N)=O)C2)CC1. The normalized spacial score (nSPS) is 37.2. The molecule has 3 heteroatoms. The van der Waals surface area contributed by atoms with E-state index in [2.05, 4.69) is 11.8 Å². The van der Waals surface area contributed by atoms with E-state index in [1.54, 1.807) is 0 Å². The van der Waals surface area contributed by atoms with Crippen LogP contribution in [0.15, 0.2) is 0 Å². The van der Waals surface area contributed by atoms with Gasteiger partial charge in [-0.1, -0.05) is 6.92 Å². The van der Waals surface area contributed by atoms with Gasteiger partial charge in [-0.25, -0.2) is 0 Å². The second-order valence-electron chi connectivity index (χ2n) is 5.65. The predicted molar refractivity (Wildman–Crippen MR) is 64.9 cm³/mol. The van der Waals surface area contributed by atoms with Crippen LogP contribution in [0.4, 0.5) is 0 Å². The van der Waals surface area contributed by atoms with Gasteiger partial charge in [0.05, 0.1) is 5.92 Å². The zero-order chi connectivity index (χ0) is 11.5. The van der Waals surface area contributed by atoms with Gasteiger partial charge < -0.3 is 5.73 Å². The van der Waals surface area contributed by atoms with E-state index in [-0.39, 0.29) is 11.8 Å². The number of hydrogen-bond acceptors (Lipinski definition) is 2. The van der Waals surface area contributed by atoms with Gasteiger partial charge in [0.2, 0.25) is 5.91 Å². The lowest BCUT2D eigenvalue weighted by molar-refractivity contribution is -0.123. The Balaban J connectivity index is 1.87. The van der Waals surface area contributed by atoms with Crippen molar-refractivity contribution in [3.05, 3.63) is 0 Å². The minimum Gasteiger partial charge on any atom is -0.369 e. The van der Waals surface area contributed by atoms with Crippen LogP contribution in [-0.2, 0) is 4.79 Å². The second kappa shape index (κ2) is 5.17. The van der Waals surface area contributed by atoms with Crippen LogP contribution >= 0.6 is 0 Å². The molecule has 2 aliphatic rings. The molecule has 92 valence electrons. The van der Waals surface area contributed by atoms with E-state index in [0.29, 0.717) is 0 Å². The van der Waals surface area contributed by atoms with Crippen LogP contribution in [0, 0.1) is 11.8 Å². The number of piperidine rings is 1. The predicted octanol–water partition coefficient (Wildman–Crippen LogP) is 1.76. The third-order valence-corrected chi connectivity index (χ3v) is 4.36. The number of likely N-dealkylation sites (tertiary alicyclic amines) is 1. The van der Waals surface area contributed by atoms with Crippen molar-refractivity contribution in [1.29, 1.82) is 0 Å². The van der Waals surface area contributed by atoms with Crippen LogP contribution in [0.25, 0.3) is 0 Å². The monoisotopic (exact) mass is 224 g/mol. The molecule has 2 fully saturated rings. The van der Waals surface area contributed by atoms with Crippen LogP contribution in [0.1, 0.15) is 45.4 Å². The second-order valence-corrected chi connectivity index (χ2v) is 5.65. The summed E-state index contributed by atoms with van der Waals surface area (Å²) < 4.78 is 0. The molecule has 16 heavy (non-hydrogen) atoms. The Labute approximate surface area is 98.4 Å². The quantitative estimate of drug-likeness (QED) is 0.777. The van der Waals surface area contributed by atoms with Crippen molar-refractivity contribution in [2.24, 2.45) is 17.6 Å². The highest BCUT2D eigenvalue weighted by atomic mass is 16.1. The molecule has 0 aromatic rings. The molecule has 1 amide bonds. The number of carbonyl (C=O) groups is 1. The molecular formula is C13H24N2O. The highest BCUT2D eigenvalue weighted by Gasteiger charge is 2.30.